The number of aromatic nitrogens is 2. The average Bonchev–Trinajstić information content (AvgIpc) is 2.66. The van der Waals surface area contributed by atoms with E-state index < -0.39 is 0 Å². The van der Waals surface area contributed by atoms with Crippen LogP contribution in [0, 0.1) is 0 Å². The predicted molar refractivity (Wildman–Crippen MR) is 80.1 cm³/mol. The van der Waals surface area contributed by atoms with Crippen LogP contribution >= 0.6 is 23.4 Å². The molecule has 0 N–H and O–H groups in total. The molecule has 0 amide bonds. The molecule has 4 nitrogen and oxygen atoms in total. The molecule has 0 aromatic carbocycles. The molecule has 106 valence electrons. The summed E-state index contributed by atoms with van der Waals surface area (Å²) < 4.78 is 1.75. The van der Waals surface area contributed by atoms with Crippen molar-refractivity contribution in [2.24, 2.45) is 7.05 Å². The van der Waals surface area contributed by atoms with Crippen molar-refractivity contribution in [3.8, 4) is 0 Å². The van der Waals surface area contributed by atoms with Gasteiger partial charge in [-0.25, -0.2) is 0 Å². The third-order valence-electron chi connectivity index (χ3n) is 3.61. The van der Waals surface area contributed by atoms with Crippen molar-refractivity contribution in [2.45, 2.75) is 25.8 Å². The fraction of sp³-hybridized carbons (Fsp3) is 0.692. The topological polar surface area (TPSA) is 38.1 Å². The van der Waals surface area contributed by atoms with Crippen LogP contribution < -0.4 is 0 Å². The second-order valence-electron chi connectivity index (χ2n) is 4.90. The van der Waals surface area contributed by atoms with Gasteiger partial charge in [0.2, 0.25) is 0 Å². The Kier molecular flexibility index (Phi) is 4.92. The summed E-state index contributed by atoms with van der Waals surface area (Å²) in [7, 11) is 3.87. The van der Waals surface area contributed by atoms with Crippen LogP contribution in [-0.2, 0) is 24.7 Å². The molecule has 1 aliphatic heterocycles. The molecule has 1 aromatic heterocycles. The smallest absolute Gasteiger partial charge is 0.156 e. The zero-order valence-corrected chi connectivity index (χ0v) is 13.2. The van der Waals surface area contributed by atoms with E-state index in [0.717, 1.165) is 35.9 Å². The third-order valence-corrected chi connectivity index (χ3v) is 5.07. The van der Waals surface area contributed by atoms with E-state index in [1.54, 1.807) is 4.68 Å². The molecule has 1 unspecified atom stereocenters. The van der Waals surface area contributed by atoms with Crippen LogP contribution in [0.2, 0.25) is 5.02 Å². The minimum absolute atomic E-state index is 0.00907. The summed E-state index contributed by atoms with van der Waals surface area (Å²) in [6.07, 6.45) is 1.16. The zero-order valence-electron chi connectivity index (χ0n) is 11.6. The molecule has 6 heteroatoms. The van der Waals surface area contributed by atoms with Gasteiger partial charge < -0.3 is 0 Å². The molecule has 0 aliphatic carbocycles. The maximum atomic E-state index is 12.4. The lowest BCUT2D eigenvalue weighted by Gasteiger charge is -2.30. The van der Waals surface area contributed by atoms with Gasteiger partial charge in [-0.15, -0.1) is 0 Å². The summed E-state index contributed by atoms with van der Waals surface area (Å²) in [5.41, 5.74) is 1.71. The van der Waals surface area contributed by atoms with Gasteiger partial charge in [0.1, 0.15) is 0 Å². The molecule has 2 heterocycles. The first-order valence-corrected chi connectivity index (χ1v) is 8.08. The number of carbonyl (C=O) groups is 1. The van der Waals surface area contributed by atoms with Crippen LogP contribution in [0.15, 0.2) is 0 Å². The highest BCUT2D eigenvalue weighted by molar-refractivity contribution is 7.99. The van der Waals surface area contributed by atoms with E-state index in [1.165, 1.54) is 0 Å². The highest BCUT2D eigenvalue weighted by Gasteiger charge is 2.28. The van der Waals surface area contributed by atoms with Crippen molar-refractivity contribution in [1.29, 1.82) is 0 Å². The summed E-state index contributed by atoms with van der Waals surface area (Å²) in [5, 5.41) is 5.02. The van der Waals surface area contributed by atoms with Crippen molar-refractivity contribution >= 4 is 29.1 Å². The first-order valence-electron chi connectivity index (χ1n) is 6.55. The summed E-state index contributed by atoms with van der Waals surface area (Å²) in [4.78, 5) is 14.6. The van der Waals surface area contributed by atoms with Crippen LogP contribution in [0.1, 0.15) is 18.3 Å². The Morgan fingerprint density at radius 2 is 2.26 bits per heavy atom. The Morgan fingerprint density at radius 3 is 2.84 bits per heavy atom. The number of Topliss-reactive ketones (excluding diaryl/α,β-unsaturated/α-hetero) is 1. The van der Waals surface area contributed by atoms with E-state index in [1.807, 2.05) is 32.8 Å². The number of ketones is 1. The SMILES string of the molecule is CCc1nn(C)c(CC(=O)C2CSCCN2C)c1Cl. The lowest BCUT2D eigenvalue weighted by molar-refractivity contribution is -0.122. The number of hydrogen-bond donors (Lipinski definition) is 0. The van der Waals surface area contributed by atoms with Gasteiger partial charge in [0.05, 0.1) is 28.9 Å². The van der Waals surface area contributed by atoms with Gasteiger partial charge in [0, 0.05) is 25.1 Å². The molecule has 1 aliphatic rings. The highest BCUT2D eigenvalue weighted by atomic mass is 35.5. The van der Waals surface area contributed by atoms with Gasteiger partial charge in [0.25, 0.3) is 0 Å². The zero-order chi connectivity index (χ0) is 14.0. The quantitative estimate of drug-likeness (QED) is 0.850. The normalized spacial score (nSPS) is 20.7. The van der Waals surface area contributed by atoms with E-state index >= 15 is 0 Å². The Labute approximate surface area is 123 Å². The Balaban J connectivity index is 2.12. The molecular weight excluding hydrogens is 282 g/mol. The van der Waals surface area contributed by atoms with Crippen molar-refractivity contribution in [3.63, 3.8) is 0 Å². The van der Waals surface area contributed by atoms with Gasteiger partial charge in [-0.3, -0.25) is 14.4 Å². The largest absolute Gasteiger partial charge is 0.297 e. The van der Waals surface area contributed by atoms with Crippen LogP contribution in [-0.4, -0.2) is 51.6 Å². The van der Waals surface area contributed by atoms with Gasteiger partial charge >= 0.3 is 0 Å². The van der Waals surface area contributed by atoms with Crippen molar-refractivity contribution in [1.82, 2.24) is 14.7 Å². The lowest BCUT2D eigenvalue weighted by atomic mass is 10.1. The predicted octanol–water partition coefficient (Wildman–Crippen LogP) is 1.79. The minimum atomic E-state index is 0.00907. The van der Waals surface area contributed by atoms with Crippen LogP contribution in [0.5, 0.6) is 0 Å². The third kappa shape index (κ3) is 3.15. The second-order valence-corrected chi connectivity index (χ2v) is 6.43. The Morgan fingerprint density at radius 1 is 1.53 bits per heavy atom. The van der Waals surface area contributed by atoms with Crippen LogP contribution in [0.4, 0.5) is 0 Å². The number of nitrogens with zero attached hydrogens (tertiary/aromatic N) is 3. The van der Waals surface area contributed by atoms with Crippen molar-refractivity contribution in [2.75, 3.05) is 25.1 Å². The first kappa shape index (κ1) is 14.9. The number of hydrogen-bond acceptors (Lipinski definition) is 4. The van der Waals surface area contributed by atoms with Crippen molar-refractivity contribution < 1.29 is 4.79 Å². The average molecular weight is 302 g/mol. The molecule has 1 saturated heterocycles. The summed E-state index contributed by atoms with van der Waals surface area (Å²) in [6, 6.07) is 0.00907. The van der Waals surface area contributed by atoms with E-state index in [0.29, 0.717) is 11.4 Å². The molecule has 0 spiro atoms. The fourth-order valence-corrected chi connectivity index (χ4v) is 3.93. The van der Waals surface area contributed by atoms with E-state index in [4.69, 9.17) is 11.6 Å². The summed E-state index contributed by atoms with van der Waals surface area (Å²) in [5.74, 6) is 2.22. The van der Waals surface area contributed by atoms with E-state index in [9.17, 15) is 4.79 Å². The van der Waals surface area contributed by atoms with E-state index in [-0.39, 0.29) is 11.8 Å². The maximum Gasteiger partial charge on any atom is 0.156 e. The summed E-state index contributed by atoms with van der Waals surface area (Å²) in [6.45, 7) is 2.99. The molecule has 2 rings (SSSR count). The standard InChI is InChI=1S/C13H20ClN3OS/c1-4-9-13(14)10(17(3)15-9)7-12(18)11-8-19-6-5-16(11)2/h11H,4-8H2,1-3H3. The molecule has 1 aromatic rings. The number of rotatable bonds is 4. The number of carbonyl (C=O) groups excluding carboxylic acids is 1. The Hall–Kier alpha value is -0.520. The molecular formula is C13H20ClN3OS. The maximum absolute atomic E-state index is 12.4. The lowest BCUT2D eigenvalue weighted by Crippen LogP contribution is -2.45. The fourth-order valence-electron chi connectivity index (χ4n) is 2.32. The van der Waals surface area contributed by atoms with E-state index in [2.05, 4.69) is 10.00 Å². The highest BCUT2D eigenvalue weighted by Crippen LogP contribution is 2.23. The number of aryl methyl sites for hydroxylation is 2. The van der Waals surface area contributed by atoms with Gasteiger partial charge in [-0.1, -0.05) is 18.5 Å². The minimum Gasteiger partial charge on any atom is -0.297 e. The van der Waals surface area contributed by atoms with Crippen LogP contribution in [0.25, 0.3) is 0 Å². The monoisotopic (exact) mass is 301 g/mol. The molecule has 0 saturated carbocycles. The van der Waals surface area contributed by atoms with Crippen LogP contribution in [0.3, 0.4) is 0 Å². The number of likely N-dealkylation sites (N-methyl/N-ethyl adjacent to an activating group) is 1. The van der Waals surface area contributed by atoms with Crippen molar-refractivity contribution in [3.05, 3.63) is 16.4 Å². The number of thioether (sulfide) groups is 1. The second kappa shape index (κ2) is 6.29. The Bertz CT molecular complexity index is 475. The molecule has 19 heavy (non-hydrogen) atoms. The first-order chi connectivity index (χ1) is 9.04. The molecule has 1 atom stereocenters. The molecule has 0 radical (unpaired) electrons. The van der Waals surface area contributed by atoms with Gasteiger partial charge in [0.15, 0.2) is 5.78 Å². The molecule has 0 bridgehead atoms. The summed E-state index contributed by atoms with van der Waals surface area (Å²) >= 11 is 8.14. The van der Waals surface area contributed by atoms with Gasteiger partial charge in [-0.05, 0) is 13.5 Å². The molecule has 1 fully saturated rings. The van der Waals surface area contributed by atoms with Gasteiger partial charge in [-0.2, -0.15) is 16.9 Å². The number of halogens is 1.